The van der Waals surface area contributed by atoms with Crippen molar-refractivity contribution < 1.29 is 5.11 Å². The summed E-state index contributed by atoms with van der Waals surface area (Å²) in [5.41, 5.74) is 1.24. The van der Waals surface area contributed by atoms with Gasteiger partial charge in [0.15, 0.2) is 0 Å². The number of fused-ring (bicyclic) bond motifs is 1. The molecule has 0 radical (unpaired) electrons. The highest BCUT2D eigenvalue weighted by Gasteiger charge is 2.55. The van der Waals surface area contributed by atoms with Gasteiger partial charge >= 0.3 is 0 Å². The van der Waals surface area contributed by atoms with Crippen LogP contribution in [0.5, 0.6) is 0 Å². The third-order valence-electron chi connectivity index (χ3n) is 4.40. The van der Waals surface area contributed by atoms with Gasteiger partial charge in [0.25, 0.3) is 0 Å². The molecule has 3 unspecified atom stereocenters. The van der Waals surface area contributed by atoms with Crippen LogP contribution in [0.3, 0.4) is 0 Å². The topological polar surface area (TPSA) is 38.0 Å². The molecule has 1 heterocycles. The minimum Gasteiger partial charge on any atom is -0.393 e. The molecule has 16 heavy (non-hydrogen) atoms. The fraction of sp³-hybridized carbons (Fsp3) is 0.769. The molecule has 1 N–H and O–H groups in total. The number of aryl methyl sites for hydroxylation is 2. The van der Waals surface area contributed by atoms with Crippen molar-refractivity contribution in [3.8, 4) is 0 Å². The number of aliphatic hydroxyl groups is 1. The number of aromatic nitrogens is 2. The first-order valence-electron chi connectivity index (χ1n) is 6.41. The Labute approximate surface area is 96.5 Å². The van der Waals surface area contributed by atoms with Gasteiger partial charge in [0.1, 0.15) is 0 Å². The first-order valence-corrected chi connectivity index (χ1v) is 6.41. The lowest BCUT2D eigenvalue weighted by molar-refractivity contribution is 0.126. The first kappa shape index (κ1) is 10.3. The lowest BCUT2D eigenvalue weighted by Gasteiger charge is -2.11. The lowest BCUT2D eigenvalue weighted by Crippen LogP contribution is -2.14. The Morgan fingerprint density at radius 3 is 2.88 bits per heavy atom. The molecule has 0 spiro atoms. The van der Waals surface area contributed by atoms with Crippen molar-refractivity contribution >= 4 is 0 Å². The Morgan fingerprint density at radius 2 is 2.25 bits per heavy atom. The van der Waals surface area contributed by atoms with E-state index in [9.17, 15) is 5.11 Å². The van der Waals surface area contributed by atoms with Crippen LogP contribution >= 0.6 is 0 Å². The molecule has 88 valence electrons. The highest BCUT2D eigenvalue weighted by molar-refractivity contribution is 5.07. The maximum absolute atomic E-state index is 10.1. The van der Waals surface area contributed by atoms with Crippen LogP contribution in [-0.4, -0.2) is 21.0 Å². The molecule has 0 amide bonds. The van der Waals surface area contributed by atoms with Gasteiger partial charge in [-0.3, -0.25) is 4.68 Å². The van der Waals surface area contributed by atoms with Crippen LogP contribution < -0.4 is 0 Å². The average molecular weight is 220 g/mol. The van der Waals surface area contributed by atoms with Crippen LogP contribution in [0.1, 0.15) is 31.2 Å². The summed E-state index contributed by atoms with van der Waals surface area (Å²) in [6, 6.07) is 0. The molecule has 3 heteroatoms. The maximum atomic E-state index is 10.1. The zero-order valence-corrected chi connectivity index (χ0v) is 9.84. The van der Waals surface area contributed by atoms with Crippen LogP contribution in [0.2, 0.25) is 0 Å². The van der Waals surface area contributed by atoms with Gasteiger partial charge in [-0.15, -0.1) is 0 Å². The van der Waals surface area contributed by atoms with E-state index in [-0.39, 0.29) is 6.10 Å². The minimum absolute atomic E-state index is 0.0736. The van der Waals surface area contributed by atoms with Crippen molar-refractivity contribution in [3.05, 3.63) is 18.0 Å². The molecule has 3 rings (SSSR count). The molecule has 2 aliphatic carbocycles. The number of nitrogens with zero attached hydrogens (tertiary/aromatic N) is 2. The fourth-order valence-electron chi connectivity index (χ4n) is 3.56. The van der Waals surface area contributed by atoms with Crippen molar-refractivity contribution in [1.82, 2.24) is 9.78 Å². The zero-order valence-electron chi connectivity index (χ0n) is 9.84. The summed E-state index contributed by atoms with van der Waals surface area (Å²) in [6.07, 6.45) is 9.85. The molecule has 3 atom stereocenters. The number of hydrogen-bond acceptors (Lipinski definition) is 2. The predicted octanol–water partition coefficient (Wildman–Crippen LogP) is 1.76. The summed E-state index contributed by atoms with van der Waals surface area (Å²) >= 11 is 0. The van der Waals surface area contributed by atoms with E-state index < -0.39 is 0 Å². The second-order valence-corrected chi connectivity index (χ2v) is 5.46. The molecule has 1 aromatic heterocycles. The van der Waals surface area contributed by atoms with Gasteiger partial charge in [-0.1, -0.05) is 6.42 Å². The Kier molecular flexibility index (Phi) is 2.51. The normalized spacial score (nSPS) is 33.8. The number of rotatable bonds is 4. The Balaban J connectivity index is 1.49. The van der Waals surface area contributed by atoms with E-state index >= 15 is 0 Å². The highest BCUT2D eigenvalue weighted by Crippen LogP contribution is 2.59. The Bertz CT molecular complexity index is 364. The number of hydrogen-bond donors (Lipinski definition) is 1. The van der Waals surface area contributed by atoms with Crippen molar-refractivity contribution in [1.29, 1.82) is 0 Å². The van der Waals surface area contributed by atoms with E-state index in [0.717, 1.165) is 24.7 Å². The third kappa shape index (κ3) is 1.77. The minimum atomic E-state index is -0.0736. The van der Waals surface area contributed by atoms with E-state index in [4.69, 9.17) is 0 Å². The molecule has 0 saturated heterocycles. The SMILES string of the molecule is Cn1cc(CCC(O)C2C3CCCC32)cn1. The van der Waals surface area contributed by atoms with Crippen LogP contribution in [0, 0.1) is 17.8 Å². The summed E-state index contributed by atoms with van der Waals surface area (Å²) in [5.74, 6) is 2.36. The fourth-order valence-corrected chi connectivity index (χ4v) is 3.56. The first-order chi connectivity index (χ1) is 7.75. The van der Waals surface area contributed by atoms with Gasteiger partial charge in [0, 0.05) is 13.2 Å². The Morgan fingerprint density at radius 1 is 1.50 bits per heavy atom. The molecule has 2 aliphatic rings. The van der Waals surface area contributed by atoms with E-state index in [1.165, 1.54) is 24.8 Å². The van der Waals surface area contributed by atoms with Crippen molar-refractivity contribution in [3.63, 3.8) is 0 Å². The van der Waals surface area contributed by atoms with Crippen molar-refractivity contribution in [2.75, 3.05) is 0 Å². The van der Waals surface area contributed by atoms with Crippen LogP contribution in [0.25, 0.3) is 0 Å². The molecule has 3 nitrogen and oxygen atoms in total. The summed E-state index contributed by atoms with van der Waals surface area (Å²) in [7, 11) is 1.94. The highest BCUT2D eigenvalue weighted by atomic mass is 16.3. The average Bonchev–Trinajstić information content (AvgIpc) is 2.68. The monoisotopic (exact) mass is 220 g/mol. The van der Waals surface area contributed by atoms with Crippen LogP contribution in [0.4, 0.5) is 0 Å². The molecule has 2 saturated carbocycles. The zero-order chi connectivity index (χ0) is 11.1. The van der Waals surface area contributed by atoms with Crippen molar-refractivity contribution in [2.45, 2.75) is 38.2 Å². The summed E-state index contributed by atoms with van der Waals surface area (Å²) in [5, 5.41) is 14.3. The van der Waals surface area contributed by atoms with E-state index in [2.05, 4.69) is 5.10 Å². The predicted molar refractivity (Wildman–Crippen MR) is 61.9 cm³/mol. The smallest absolute Gasteiger partial charge is 0.0577 e. The quantitative estimate of drug-likeness (QED) is 0.839. The van der Waals surface area contributed by atoms with Crippen LogP contribution in [0.15, 0.2) is 12.4 Å². The summed E-state index contributed by atoms with van der Waals surface area (Å²) < 4.78 is 1.83. The maximum Gasteiger partial charge on any atom is 0.0577 e. The van der Waals surface area contributed by atoms with Crippen LogP contribution in [-0.2, 0) is 13.5 Å². The van der Waals surface area contributed by atoms with Gasteiger partial charge < -0.3 is 5.11 Å². The molecule has 0 aliphatic heterocycles. The van der Waals surface area contributed by atoms with Gasteiger partial charge in [-0.05, 0) is 49.0 Å². The standard InChI is InChI=1S/C13H20N2O/c1-15-8-9(7-14-15)5-6-12(16)13-10-3-2-4-11(10)13/h7-8,10-13,16H,2-6H2,1H3. The van der Waals surface area contributed by atoms with E-state index in [0.29, 0.717) is 5.92 Å². The molecule has 0 aromatic carbocycles. The molecule has 0 bridgehead atoms. The molecule has 1 aromatic rings. The number of aliphatic hydroxyl groups excluding tert-OH is 1. The largest absolute Gasteiger partial charge is 0.393 e. The second-order valence-electron chi connectivity index (χ2n) is 5.46. The van der Waals surface area contributed by atoms with Gasteiger partial charge in [-0.2, -0.15) is 5.10 Å². The second kappa shape index (κ2) is 3.88. The third-order valence-corrected chi connectivity index (χ3v) is 4.40. The van der Waals surface area contributed by atoms with Gasteiger partial charge in [0.05, 0.1) is 12.3 Å². The van der Waals surface area contributed by atoms with E-state index in [1.54, 1.807) is 0 Å². The van der Waals surface area contributed by atoms with Crippen molar-refractivity contribution in [2.24, 2.45) is 24.8 Å². The lowest BCUT2D eigenvalue weighted by atomic mass is 10.0. The summed E-state index contributed by atoms with van der Waals surface area (Å²) in [4.78, 5) is 0. The van der Waals surface area contributed by atoms with E-state index in [1.807, 2.05) is 24.1 Å². The molecular weight excluding hydrogens is 200 g/mol. The Hall–Kier alpha value is -0.830. The van der Waals surface area contributed by atoms with Gasteiger partial charge in [0.2, 0.25) is 0 Å². The summed E-state index contributed by atoms with van der Waals surface area (Å²) in [6.45, 7) is 0. The van der Waals surface area contributed by atoms with Gasteiger partial charge in [-0.25, -0.2) is 0 Å². The molecule has 2 fully saturated rings. The molecular formula is C13H20N2O.